The summed E-state index contributed by atoms with van der Waals surface area (Å²) >= 11 is 0. The third-order valence-electron chi connectivity index (χ3n) is 4.09. The number of rotatable bonds is 5. The van der Waals surface area contributed by atoms with Crippen LogP contribution in [0.1, 0.15) is 17.7 Å². The number of hydrogen-bond acceptors (Lipinski definition) is 4. The van der Waals surface area contributed by atoms with Crippen LogP contribution >= 0.6 is 0 Å². The van der Waals surface area contributed by atoms with Gasteiger partial charge < -0.3 is 9.88 Å². The summed E-state index contributed by atoms with van der Waals surface area (Å²) in [6, 6.07) is 7.71. The predicted molar refractivity (Wildman–Crippen MR) is 91.3 cm³/mol. The van der Waals surface area contributed by atoms with Gasteiger partial charge in [0.05, 0.1) is 0 Å². The van der Waals surface area contributed by atoms with Crippen molar-refractivity contribution in [3.63, 3.8) is 0 Å². The van der Waals surface area contributed by atoms with E-state index in [1.165, 1.54) is 0 Å². The molecular weight excluding hydrogens is 304 g/mol. The van der Waals surface area contributed by atoms with Crippen molar-refractivity contribution in [1.82, 2.24) is 24.5 Å². The second-order valence-electron chi connectivity index (χ2n) is 5.74. The quantitative estimate of drug-likeness (QED) is 0.779. The fourth-order valence-electron chi connectivity index (χ4n) is 2.64. The standard InChI is InChI=1S/C17H20N6O/c1-12-14(17-21-18-11-22(17)2)5-4-6-15(12)20-16(24)8-7-13-9-10-19-23(13)3/h4-6,9-11H,7-8H2,1-3H3,(H,20,24). The van der Waals surface area contributed by atoms with E-state index in [4.69, 9.17) is 0 Å². The average molecular weight is 324 g/mol. The minimum atomic E-state index is -0.0191. The first-order valence-electron chi connectivity index (χ1n) is 7.77. The number of carbonyl (C=O) groups excluding carboxylic acids is 1. The summed E-state index contributed by atoms with van der Waals surface area (Å²) in [6.45, 7) is 1.97. The molecule has 1 aromatic carbocycles. The van der Waals surface area contributed by atoms with E-state index >= 15 is 0 Å². The molecular formula is C17H20N6O. The third-order valence-corrected chi connectivity index (χ3v) is 4.09. The van der Waals surface area contributed by atoms with Gasteiger partial charge in [0, 0.05) is 43.7 Å². The molecule has 3 aromatic rings. The van der Waals surface area contributed by atoms with E-state index in [1.807, 2.05) is 49.9 Å². The second-order valence-corrected chi connectivity index (χ2v) is 5.74. The molecule has 0 aliphatic heterocycles. The number of benzene rings is 1. The maximum absolute atomic E-state index is 12.3. The number of nitrogens with zero attached hydrogens (tertiary/aromatic N) is 5. The highest BCUT2D eigenvalue weighted by atomic mass is 16.1. The van der Waals surface area contributed by atoms with Crippen LogP contribution in [0.4, 0.5) is 5.69 Å². The van der Waals surface area contributed by atoms with Crippen molar-refractivity contribution < 1.29 is 4.79 Å². The lowest BCUT2D eigenvalue weighted by molar-refractivity contribution is -0.116. The fraction of sp³-hybridized carbons (Fsp3) is 0.294. The van der Waals surface area contributed by atoms with E-state index in [9.17, 15) is 4.79 Å². The number of amides is 1. The van der Waals surface area contributed by atoms with Gasteiger partial charge in [0.2, 0.25) is 5.91 Å². The monoisotopic (exact) mass is 324 g/mol. The SMILES string of the molecule is Cc1c(NC(=O)CCc2ccnn2C)cccc1-c1nncn1C. The Bertz CT molecular complexity index is 864. The van der Waals surface area contributed by atoms with Gasteiger partial charge in [-0.25, -0.2) is 0 Å². The smallest absolute Gasteiger partial charge is 0.224 e. The Hall–Kier alpha value is -2.96. The molecule has 0 atom stereocenters. The van der Waals surface area contributed by atoms with Crippen molar-refractivity contribution in [2.24, 2.45) is 14.1 Å². The fourth-order valence-corrected chi connectivity index (χ4v) is 2.64. The zero-order valence-corrected chi connectivity index (χ0v) is 14.0. The zero-order valence-electron chi connectivity index (χ0n) is 14.0. The number of anilines is 1. The van der Waals surface area contributed by atoms with Gasteiger partial charge in [-0.1, -0.05) is 12.1 Å². The molecule has 24 heavy (non-hydrogen) atoms. The number of hydrogen-bond donors (Lipinski definition) is 1. The van der Waals surface area contributed by atoms with Gasteiger partial charge in [-0.3, -0.25) is 9.48 Å². The van der Waals surface area contributed by atoms with Gasteiger partial charge in [0.25, 0.3) is 0 Å². The molecule has 7 nitrogen and oxygen atoms in total. The molecule has 0 bridgehead atoms. The summed E-state index contributed by atoms with van der Waals surface area (Å²) in [5, 5.41) is 15.1. The molecule has 0 unspecified atom stereocenters. The summed E-state index contributed by atoms with van der Waals surface area (Å²) in [6.07, 6.45) is 4.47. The van der Waals surface area contributed by atoms with Crippen LogP contribution in [0.2, 0.25) is 0 Å². The maximum Gasteiger partial charge on any atom is 0.224 e. The van der Waals surface area contributed by atoms with Crippen LogP contribution in [0, 0.1) is 6.92 Å². The highest BCUT2D eigenvalue weighted by Crippen LogP contribution is 2.26. The first-order chi connectivity index (χ1) is 11.6. The number of nitrogens with one attached hydrogen (secondary N) is 1. The van der Waals surface area contributed by atoms with Crippen LogP contribution in [0.5, 0.6) is 0 Å². The molecule has 0 radical (unpaired) electrons. The maximum atomic E-state index is 12.3. The lowest BCUT2D eigenvalue weighted by atomic mass is 10.1. The molecule has 1 N–H and O–H groups in total. The second kappa shape index (κ2) is 6.66. The molecule has 1 amide bonds. The van der Waals surface area contributed by atoms with Crippen LogP contribution in [0.25, 0.3) is 11.4 Å². The van der Waals surface area contributed by atoms with E-state index in [2.05, 4.69) is 20.6 Å². The first kappa shape index (κ1) is 15.9. The molecule has 0 aliphatic rings. The normalized spacial score (nSPS) is 10.8. The lowest BCUT2D eigenvalue weighted by Gasteiger charge is -2.12. The Balaban J connectivity index is 1.72. The molecule has 2 heterocycles. The largest absolute Gasteiger partial charge is 0.326 e. The Morgan fingerprint density at radius 1 is 1.25 bits per heavy atom. The predicted octanol–water partition coefficient (Wildman–Crippen LogP) is 2.10. The van der Waals surface area contributed by atoms with Crippen LogP contribution in [0.15, 0.2) is 36.8 Å². The lowest BCUT2D eigenvalue weighted by Crippen LogP contribution is -2.14. The highest BCUT2D eigenvalue weighted by molar-refractivity contribution is 5.92. The van der Waals surface area contributed by atoms with Crippen molar-refractivity contribution in [1.29, 1.82) is 0 Å². The number of aryl methyl sites for hydroxylation is 3. The van der Waals surface area contributed by atoms with Crippen molar-refractivity contribution in [2.75, 3.05) is 5.32 Å². The molecule has 7 heteroatoms. The molecule has 2 aromatic heterocycles. The number of aromatic nitrogens is 5. The number of carbonyl (C=O) groups is 1. The molecule has 0 fully saturated rings. The minimum absolute atomic E-state index is 0.0191. The van der Waals surface area contributed by atoms with Crippen molar-refractivity contribution >= 4 is 11.6 Å². The topological polar surface area (TPSA) is 77.6 Å². The summed E-state index contributed by atoms with van der Waals surface area (Å²) < 4.78 is 3.64. The highest BCUT2D eigenvalue weighted by Gasteiger charge is 2.12. The van der Waals surface area contributed by atoms with Gasteiger partial charge in [0.1, 0.15) is 6.33 Å². The summed E-state index contributed by atoms with van der Waals surface area (Å²) in [7, 11) is 3.77. The van der Waals surface area contributed by atoms with Crippen molar-refractivity contribution in [3.05, 3.63) is 48.0 Å². The molecule has 0 saturated carbocycles. The van der Waals surface area contributed by atoms with Crippen molar-refractivity contribution in [2.45, 2.75) is 19.8 Å². The molecule has 124 valence electrons. The minimum Gasteiger partial charge on any atom is -0.326 e. The Labute approximate surface area is 140 Å². The molecule has 0 saturated heterocycles. The van der Waals surface area contributed by atoms with E-state index in [1.54, 1.807) is 17.2 Å². The molecule has 0 aliphatic carbocycles. The van der Waals surface area contributed by atoms with Crippen LogP contribution in [-0.4, -0.2) is 30.5 Å². The van der Waals surface area contributed by atoms with Gasteiger partial charge >= 0.3 is 0 Å². The van der Waals surface area contributed by atoms with Gasteiger partial charge in [-0.2, -0.15) is 5.10 Å². The van der Waals surface area contributed by atoms with E-state index in [0.717, 1.165) is 28.3 Å². The Kier molecular flexibility index (Phi) is 4.41. The van der Waals surface area contributed by atoms with E-state index in [0.29, 0.717) is 12.8 Å². The van der Waals surface area contributed by atoms with Crippen LogP contribution < -0.4 is 5.32 Å². The van der Waals surface area contributed by atoms with Crippen LogP contribution in [-0.2, 0) is 25.3 Å². The Morgan fingerprint density at radius 3 is 2.75 bits per heavy atom. The summed E-state index contributed by atoms with van der Waals surface area (Å²) in [5.41, 5.74) is 3.77. The summed E-state index contributed by atoms with van der Waals surface area (Å²) in [5.74, 6) is 0.757. The average Bonchev–Trinajstić information content (AvgIpc) is 3.16. The van der Waals surface area contributed by atoms with Gasteiger partial charge in [-0.15, -0.1) is 10.2 Å². The van der Waals surface area contributed by atoms with Crippen molar-refractivity contribution in [3.8, 4) is 11.4 Å². The molecule has 3 rings (SSSR count). The van der Waals surface area contributed by atoms with Gasteiger partial charge in [-0.05, 0) is 31.0 Å². The van der Waals surface area contributed by atoms with E-state index < -0.39 is 0 Å². The van der Waals surface area contributed by atoms with E-state index in [-0.39, 0.29) is 5.91 Å². The molecule has 0 spiro atoms. The first-order valence-corrected chi connectivity index (χ1v) is 7.77. The Morgan fingerprint density at radius 2 is 2.08 bits per heavy atom. The summed E-state index contributed by atoms with van der Waals surface area (Å²) in [4.78, 5) is 12.3. The third kappa shape index (κ3) is 3.19. The van der Waals surface area contributed by atoms with Gasteiger partial charge in [0.15, 0.2) is 5.82 Å². The van der Waals surface area contributed by atoms with Crippen LogP contribution in [0.3, 0.4) is 0 Å². The zero-order chi connectivity index (χ0) is 17.1.